The van der Waals surface area contributed by atoms with E-state index < -0.39 is 17.7 Å². The molecule has 1 aromatic heterocycles. The van der Waals surface area contributed by atoms with Crippen molar-refractivity contribution in [1.29, 1.82) is 0 Å². The van der Waals surface area contributed by atoms with E-state index in [-0.39, 0.29) is 19.0 Å². The number of aliphatic carboxylic acids is 1. The van der Waals surface area contributed by atoms with Gasteiger partial charge in [0.25, 0.3) is 5.97 Å². The van der Waals surface area contributed by atoms with Crippen LogP contribution in [0, 0.1) is 0 Å². The average Bonchev–Trinajstić information content (AvgIpc) is 3.17. The molecule has 0 saturated carbocycles. The van der Waals surface area contributed by atoms with E-state index in [1.165, 1.54) is 6.33 Å². The van der Waals surface area contributed by atoms with Crippen molar-refractivity contribution in [3.63, 3.8) is 0 Å². The fraction of sp³-hybridized carbons (Fsp3) is 0.240. The number of aromatic nitrogens is 2. The van der Waals surface area contributed by atoms with E-state index in [1.807, 2.05) is 48.5 Å². The summed E-state index contributed by atoms with van der Waals surface area (Å²) in [5.74, 6) is 0.784. The highest BCUT2D eigenvalue weighted by atomic mass is 19.1. The largest absolute Gasteiger partial charge is 0.497 e. The highest BCUT2D eigenvalue weighted by molar-refractivity contribution is 6.12. The first-order chi connectivity index (χ1) is 16.8. The molecule has 3 heterocycles. The third kappa shape index (κ3) is 4.68. The van der Waals surface area contributed by atoms with Gasteiger partial charge in [-0.2, -0.15) is 0 Å². The summed E-state index contributed by atoms with van der Waals surface area (Å²) in [7, 11) is 1.62. The third-order valence-electron chi connectivity index (χ3n) is 5.64. The van der Waals surface area contributed by atoms with E-state index in [1.54, 1.807) is 24.4 Å². The van der Waals surface area contributed by atoms with Crippen molar-refractivity contribution >= 4 is 17.8 Å². The number of rotatable bonds is 4. The molecular formula is C25H25FN6O3. The highest BCUT2D eigenvalue weighted by Crippen LogP contribution is 2.43. The molecule has 3 aromatic rings. The number of hydrogen-bond donors (Lipinski definition) is 2. The van der Waals surface area contributed by atoms with Crippen LogP contribution < -0.4 is 10.5 Å². The molecule has 0 spiro atoms. The number of nitrogens with two attached hydrogens (primary N) is 1. The van der Waals surface area contributed by atoms with Gasteiger partial charge in [0.1, 0.15) is 24.1 Å². The van der Waals surface area contributed by atoms with Gasteiger partial charge in [-0.3, -0.25) is 14.7 Å². The molecule has 0 amide bonds. The van der Waals surface area contributed by atoms with Gasteiger partial charge in [0.2, 0.25) is 0 Å². The van der Waals surface area contributed by atoms with Crippen molar-refractivity contribution in [1.82, 2.24) is 14.9 Å². The molecule has 2 aliphatic heterocycles. The number of carbonyl (C=O) groups is 1. The Morgan fingerprint density at radius 2 is 1.83 bits per heavy atom. The van der Waals surface area contributed by atoms with Crippen LogP contribution in [0.1, 0.15) is 18.1 Å². The van der Waals surface area contributed by atoms with E-state index in [2.05, 4.69) is 15.0 Å². The molecule has 2 aliphatic rings. The quantitative estimate of drug-likeness (QED) is 0.593. The number of guanidine groups is 1. The lowest BCUT2D eigenvalue weighted by Gasteiger charge is -2.34. The first-order valence-corrected chi connectivity index (χ1v) is 10.9. The molecule has 35 heavy (non-hydrogen) atoms. The molecule has 0 fully saturated rings. The minimum atomic E-state index is -1.09. The summed E-state index contributed by atoms with van der Waals surface area (Å²) in [6, 6.07) is 15.6. The van der Waals surface area contributed by atoms with E-state index in [0.717, 1.165) is 34.9 Å². The van der Waals surface area contributed by atoms with Crippen LogP contribution in [0.4, 0.5) is 4.39 Å². The van der Waals surface area contributed by atoms with Crippen molar-refractivity contribution in [3.05, 3.63) is 78.4 Å². The summed E-state index contributed by atoms with van der Waals surface area (Å²) < 4.78 is 19.5. The van der Waals surface area contributed by atoms with Gasteiger partial charge in [0.15, 0.2) is 11.5 Å². The molecule has 9 nitrogen and oxygen atoms in total. The number of fused-ring (bicyclic) bond motifs is 1. The van der Waals surface area contributed by atoms with Crippen LogP contribution >= 0.6 is 0 Å². The molecule has 0 bridgehead atoms. The first-order valence-electron chi connectivity index (χ1n) is 10.9. The maximum atomic E-state index is 14.1. The zero-order chi connectivity index (χ0) is 25.0. The van der Waals surface area contributed by atoms with E-state index in [4.69, 9.17) is 25.4 Å². The lowest BCUT2D eigenvalue weighted by molar-refractivity contribution is -0.134. The Morgan fingerprint density at radius 1 is 1.14 bits per heavy atom. The van der Waals surface area contributed by atoms with Crippen LogP contribution in [0.25, 0.3) is 11.1 Å². The standard InChI is InChI=1S/C23H21FN6O.C2H4O2/c1-31-20-7-5-17(6-8-20)23(21-28-12-19(24)13-30(21)22(25)29-23)18-4-2-3-15(9-18)16-10-26-14-27-11-16;1-2(3)4/h2-11,14,19H,12-13H2,1H3,(H2,25,29);1H3,(H,3,4). The number of halogens is 1. The molecule has 0 radical (unpaired) electrons. The number of carboxylic acid groups (broad SMARTS) is 1. The van der Waals surface area contributed by atoms with Crippen LogP contribution in [0.2, 0.25) is 0 Å². The summed E-state index contributed by atoms with van der Waals surface area (Å²) >= 11 is 0. The number of amidine groups is 1. The number of hydrogen-bond acceptors (Lipinski definition) is 8. The SMILES string of the molecule is CC(=O)O.COc1ccc(C2(c3cccc(-c4cncnc4)c3)N=C(N)N3CC(F)CN=C32)cc1. The van der Waals surface area contributed by atoms with Crippen molar-refractivity contribution in [2.24, 2.45) is 15.7 Å². The van der Waals surface area contributed by atoms with Gasteiger partial charge in [-0.15, -0.1) is 0 Å². The summed E-state index contributed by atoms with van der Waals surface area (Å²) in [5.41, 5.74) is 8.88. The normalized spacial score (nSPS) is 20.7. The topological polar surface area (TPSA) is 126 Å². The molecule has 10 heteroatoms. The Hall–Kier alpha value is -4.34. The van der Waals surface area contributed by atoms with Crippen molar-refractivity contribution in [3.8, 4) is 16.9 Å². The zero-order valence-corrected chi connectivity index (χ0v) is 19.3. The Kier molecular flexibility index (Phi) is 6.72. The smallest absolute Gasteiger partial charge is 0.300 e. The molecular weight excluding hydrogens is 451 g/mol. The molecule has 180 valence electrons. The molecule has 5 rings (SSSR count). The van der Waals surface area contributed by atoms with Crippen LogP contribution in [0.15, 0.2) is 77.2 Å². The highest BCUT2D eigenvalue weighted by Gasteiger charge is 2.50. The van der Waals surface area contributed by atoms with Crippen LogP contribution in [-0.4, -0.2) is 64.1 Å². The second-order valence-electron chi connectivity index (χ2n) is 8.01. The molecule has 3 N–H and O–H groups in total. The summed E-state index contributed by atoms with van der Waals surface area (Å²) in [5, 5.41) is 7.42. The maximum absolute atomic E-state index is 14.1. The van der Waals surface area contributed by atoms with Crippen molar-refractivity contribution in [2.45, 2.75) is 18.6 Å². The molecule has 2 aromatic carbocycles. The van der Waals surface area contributed by atoms with Gasteiger partial charge in [-0.05, 0) is 34.9 Å². The minimum Gasteiger partial charge on any atom is -0.497 e. The lowest BCUT2D eigenvalue weighted by Crippen LogP contribution is -2.49. The fourth-order valence-corrected chi connectivity index (χ4v) is 4.17. The Morgan fingerprint density at radius 3 is 2.49 bits per heavy atom. The van der Waals surface area contributed by atoms with Gasteiger partial charge in [0.05, 0.1) is 20.2 Å². The van der Waals surface area contributed by atoms with Gasteiger partial charge in [-0.1, -0.05) is 30.3 Å². The van der Waals surface area contributed by atoms with Crippen molar-refractivity contribution < 1.29 is 19.0 Å². The number of benzene rings is 2. The Labute approximate surface area is 201 Å². The van der Waals surface area contributed by atoms with Gasteiger partial charge < -0.3 is 15.6 Å². The van der Waals surface area contributed by atoms with E-state index >= 15 is 0 Å². The average molecular weight is 477 g/mol. The number of methoxy groups -OCH3 is 1. The van der Waals surface area contributed by atoms with E-state index in [0.29, 0.717) is 5.84 Å². The number of aliphatic imine (C=N–C) groups is 2. The molecule has 2 atom stereocenters. The van der Waals surface area contributed by atoms with Gasteiger partial charge >= 0.3 is 0 Å². The number of carboxylic acids is 1. The second kappa shape index (κ2) is 9.88. The number of alkyl halides is 1. The second-order valence-corrected chi connectivity index (χ2v) is 8.01. The van der Waals surface area contributed by atoms with Gasteiger partial charge in [0, 0.05) is 24.9 Å². The van der Waals surface area contributed by atoms with Crippen LogP contribution in [-0.2, 0) is 10.3 Å². The Bertz CT molecular complexity index is 1260. The third-order valence-corrected chi connectivity index (χ3v) is 5.64. The van der Waals surface area contributed by atoms with Crippen LogP contribution in [0.3, 0.4) is 0 Å². The molecule has 0 aliphatic carbocycles. The Balaban J connectivity index is 0.000000672. The fourth-order valence-electron chi connectivity index (χ4n) is 4.17. The molecule has 2 unspecified atom stereocenters. The predicted molar refractivity (Wildman–Crippen MR) is 130 cm³/mol. The summed E-state index contributed by atoms with van der Waals surface area (Å²) in [4.78, 5) is 28.4. The monoisotopic (exact) mass is 476 g/mol. The summed E-state index contributed by atoms with van der Waals surface area (Å²) in [6.45, 7) is 1.30. The lowest BCUT2D eigenvalue weighted by atomic mass is 9.81. The predicted octanol–water partition coefficient (Wildman–Crippen LogP) is 2.87. The molecule has 0 saturated heterocycles. The zero-order valence-electron chi connectivity index (χ0n) is 19.3. The van der Waals surface area contributed by atoms with Crippen molar-refractivity contribution in [2.75, 3.05) is 20.2 Å². The number of nitrogens with zero attached hydrogens (tertiary/aromatic N) is 5. The minimum absolute atomic E-state index is 0.0821. The summed E-state index contributed by atoms with van der Waals surface area (Å²) in [6.07, 6.45) is 3.93. The van der Waals surface area contributed by atoms with Crippen LogP contribution in [0.5, 0.6) is 5.75 Å². The number of ether oxygens (including phenoxy) is 1. The maximum Gasteiger partial charge on any atom is 0.300 e. The first kappa shape index (κ1) is 23.8. The van der Waals surface area contributed by atoms with Gasteiger partial charge in [-0.25, -0.2) is 19.4 Å². The van der Waals surface area contributed by atoms with E-state index in [9.17, 15) is 4.39 Å².